The van der Waals surface area contributed by atoms with Crippen LogP contribution in [0.3, 0.4) is 0 Å². The summed E-state index contributed by atoms with van der Waals surface area (Å²) in [4.78, 5) is 25.8. The van der Waals surface area contributed by atoms with Crippen molar-refractivity contribution < 1.29 is 18.4 Å². The summed E-state index contributed by atoms with van der Waals surface area (Å²) in [6.07, 6.45) is 1.34. The standard InChI is InChI=1S/C17H20FN3O3/c1-2-21(17(23)13-7-15(8-19)24-11-13)10-16(22)20-9-12-3-5-14(18)6-4-12/h3-7,11H,2,8-10,19H2,1H3,(H,20,22). The maximum absolute atomic E-state index is 12.8. The summed E-state index contributed by atoms with van der Waals surface area (Å²) < 4.78 is 18.0. The third kappa shape index (κ3) is 4.66. The maximum atomic E-state index is 12.8. The summed E-state index contributed by atoms with van der Waals surface area (Å²) in [7, 11) is 0. The van der Waals surface area contributed by atoms with Crippen LogP contribution in [0.1, 0.15) is 28.6 Å². The van der Waals surface area contributed by atoms with E-state index in [0.717, 1.165) is 5.56 Å². The minimum Gasteiger partial charge on any atom is -0.467 e. The highest BCUT2D eigenvalue weighted by Gasteiger charge is 2.19. The number of carbonyl (C=O) groups is 2. The first-order valence-electron chi connectivity index (χ1n) is 7.61. The number of nitrogens with two attached hydrogens (primary N) is 1. The molecule has 0 saturated carbocycles. The molecule has 0 radical (unpaired) electrons. The largest absolute Gasteiger partial charge is 0.467 e. The summed E-state index contributed by atoms with van der Waals surface area (Å²) >= 11 is 0. The predicted octanol–water partition coefficient (Wildman–Crippen LogP) is 1.66. The fourth-order valence-corrected chi connectivity index (χ4v) is 2.14. The van der Waals surface area contributed by atoms with Crippen molar-refractivity contribution in [2.45, 2.75) is 20.0 Å². The van der Waals surface area contributed by atoms with Gasteiger partial charge in [0, 0.05) is 13.1 Å². The molecule has 0 unspecified atom stereocenters. The fraction of sp³-hybridized carbons (Fsp3) is 0.294. The van der Waals surface area contributed by atoms with E-state index < -0.39 is 0 Å². The van der Waals surface area contributed by atoms with Crippen LogP contribution in [0.2, 0.25) is 0 Å². The number of benzene rings is 1. The van der Waals surface area contributed by atoms with Crippen molar-refractivity contribution in [1.82, 2.24) is 10.2 Å². The van der Waals surface area contributed by atoms with Crippen LogP contribution in [0.4, 0.5) is 4.39 Å². The van der Waals surface area contributed by atoms with Crippen molar-refractivity contribution in [3.05, 3.63) is 59.3 Å². The van der Waals surface area contributed by atoms with Crippen molar-refractivity contribution in [2.24, 2.45) is 5.73 Å². The van der Waals surface area contributed by atoms with Crippen LogP contribution in [-0.2, 0) is 17.9 Å². The zero-order valence-electron chi connectivity index (χ0n) is 13.4. The van der Waals surface area contributed by atoms with Crippen molar-refractivity contribution in [2.75, 3.05) is 13.1 Å². The molecule has 0 spiro atoms. The minimum atomic E-state index is -0.329. The molecule has 0 aliphatic carbocycles. The molecule has 2 rings (SSSR count). The van der Waals surface area contributed by atoms with E-state index in [-0.39, 0.29) is 37.3 Å². The second kappa shape index (κ2) is 8.26. The highest BCUT2D eigenvalue weighted by Crippen LogP contribution is 2.10. The van der Waals surface area contributed by atoms with Gasteiger partial charge in [0.25, 0.3) is 5.91 Å². The number of halogens is 1. The van der Waals surface area contributed by atoms with E-state index in [2.05, 4.69) is 5.32 Å². The Bertz CT molecular complexity index is 697. The molecule has 1 heterocycles. The number of carbonyl (C=O) groups excluding carboxylic acids is 2. The van der Waals surface area contributed by atoms with Gasteiger partial charge in [0.2, 0.25) is 5.91 Å². The van der Waals surface area contributed by atoms with Crippen molar-refractivity contribution in [3.8, 4) is 0 Å². The SMILES string of the molecule is CCN(CC(=O)NCc1ccc(F)cc1)C(=O)c1coc(CN)c1. The number of hydrogen-bond acceptors (Lipinski definition) is 4. The molecule has 3 N–H and O–H groups in total. The molecule has 0 aliphatic heterocycles. The van der Waals surface area contributed by atoms with Gasteiger partial charge in [-0.05, 0) is 30.7 Å². The molecule has 2 aromatic rings. The Morgan fingerprint density at radius 2 is 2.00 bits per heavy atom. The zero-order chi connectivity index (χ0) is 17.5. The Morgan fingerprint density at radius 3 is 2.58 bits per heavy atom. The van der Waals surface area contributed by atoms with E-state index in [1.807, 2.05) is 0 Å². The lowest BCUT2D eigenvalue weighted by Crippen LogP contribution is -2.40. The number of nitrogens with one attached hydrogen (secondary N) is 1. The van der Waals surface area contributed by atoms with Crippen molar-refractivity contribution >= 4 is 11.8 Å². The highest BCUT2D eigenvalue weighted by atomic mass is 19.1. The number of hydrogen-bond donors (Lipinski definition) is 2. The van der Waals surface area contributed by atoms with E-state index >= 15 is 0 Å². The smallest absolute Gasteiger partial charge is 0.257 e. The zero-order valence-corrected chi connectivity index (χ0v) is 13.4. The Labute approximate surface area is 139 Å². The lowest BCUT2D eigenvalue weighted by Gasteiger charge is -2.19. The molecule has 1 aromatic heterocycles. The monoisotopic (exact) mass is 333 g/mol. The summed E-state index contributed by atoms with van der Waals surface area (Å²) in [6, 6.07) is 7.42. The van der Waals surface area contributed by atoms with Crippen LogP contribution in [0.15, 0.2) is 41.0 Å². The van der Waals surface area contributed by atoms with E-state index in [9.17, 15) is 14.0 Å². The Balaban J connectivity index is 1.90. The first-order valence-corrected chi connectivity index (χ1v) is 7.61. The van der Waals surface area contributed by atoms with Gasteiger partial charge < -0.3 is 20.4 Å². The molecule has 0 aliphatic rings. The van der Waals surface area contributed by atoms with Crippen molar-refractivity contribution in [3.63, 3.8) is 0 Å². The number of rotatable bonds is 7. The molecular weight excluding hydrogens is 313 g/mol. The van der Waals surface area contributed by atoms with E-state index in [1.54, 1.807) is 25.1 Å². The van der Waals surface area contributed by atoms with Gasteiger partial charge >= 0.3 is 0 Å². The van der Waals surface area contributed by atoms with Gasteiger partial charge in [-0.2, -0.15) is 0 Å². The molecule has 0 fully saturated rings. The molecular formula is C17H20FN3O3. The topological polar surface area (TPSA) is 88.6 Å². The van der Waals surface area contributed by atoms with Gasteiger partial charge in [-0.15, -0.1) is 0 Å². The lowest BCUT2D eigenvalue weighted by atomic mass is 10.2. The average molecular weight is 333 g/mol. The van der Waals surface area contributed by atoms with Gasteiger partial charge in [0.05, 0.1) is 18.7 Å². The Hall–Kier alpha value is -2.67. The first kappa shape index (κ1) is 17.7. The van der Waals surface area contributed by atoms with Crippen LogP contribution < -0.4 is 11.1 Å². The average Bonchev–Trinajstić information content (AvgIpc) is 3.07. The molecule has 6 nitrogen and oxygen atoms in total. The van der Waals surface area contributed by atoms with Crippen LogP contribution in [-0.4, -0.2) is 29.8 Å². The maximum Gasteiger partial charge on any atom is 0.257 e. The number of furan rings is 1. The number of likely N-dealkylation sites (N-methyl/N-ethyl adjacent to an activating group) is 1. The fourth-order valence-electron chi connectivity index (χ4n) is 2.14. The molecule has 0 bridgehead atoms. The van der Waals surface area contributed by atoms with Crippen LogP contribution >= 0.6 is 0 Å². The van der Waals surface area contributed by atoms with Crippen molar-refractivity contribution in [1.29, 1.82) is 0 Å². The van der Waals surface area contributed by atoms with Gasteiger partial charge in [0.1, 0.15) is 17.8 Å². The van der Waals surface area contributed by atoms with Gasteiger partial charge in [-0.1, -0.05) is 12.1 Å². The van der Waals surface area contributed by atoms with E-state index in [0.29, 0.717) is 17.9 Å². The first-order chi connectivity index (χ1) is 11.5. The molecule has 0 atom stereocenters. The normalized spacial score (nSPS) is 10.5. The Morgan fingerprint density at radius 1 is 1.29 bits per heavy atom. The summed E-state index contributed by atoms with van der Waals surface area (Å²) in [5, 5.41) is 2.71. The summed E-state index contributed by atoms with van der Waals surface area (Å²) in [6.45, 7) is 2.58. The second-order valence-corrected chi connectivity index (χ2v) is 5.23. The second-order valence-electron chi connectivity index (χ2n) is 5.23. The minimum absolute atomic E-state index is 0.0698. The number of nitrogens with zero attached hydrogens (tertiary/aromatic N) is 1. The summed E-state index contributed by atoms with van der Waals surface area (Å²) in [5.41, 5.74) is 6.59. The third-order valence-corrected chi connectivity index (χ3v) is 3.51. The Kier molecular flexibility index (Phi) is 6.08. The third-order valence-electron chi connectivity index (χ3n) is 3.51. The number of amides is 2. The molecule has 0 saturated heterocycles. The van der Waals surface area contributed by atoms with Crippen LogP contribution in [0, 0.1) is 5.82 Å². The van der Waals surface area contributed by atoms with Gasteiger partial charge in [0.15, 0.2) is 0 Å². The predicted molar refractivity (Wildman–Crippen MR) is 86.4 cm³/mol. The molecule has 1 aromatic carbocycles. The lowest BCUT2D eigenvalue weighted by molar-refractivity contribution is -0.121. The molecule has 7 heteroatoms. The van der Waals surface area contributed by atoms with Gasteiger partial charge in [-0.3, -0.25) is 9.59 Å². The highest BCUT2D eigenvalue weighted by molar-refractivity contribution is 5.96. The molecule has 2 amide bonds. The molecule has 128 valence electrons. The summed E-state index contributed by atoms with van der Waals surface area (Å²) in [5.74, 6) is -0.407. The van der Waals surface area contributed by atoms with E-state index in [1.165, 1.54) is 23.3 Å². The van der Waals surface area contributed by atoms with Crippen LogP contribution in [0.5, 0.6) is 0 Å². The molecule has 24 heavy (non-hydrogen) atoms. The van der Waals surface area contributed by atoms with Gasteiger partial charge in [-0.25, -0.2) is 4.39 Å². The van der Waals surface area contributed by atoms with E-state index in [4.69, 9.17) is 10.2 Å². The van der Waals surface area contributed by atoms with Crippen LogP contribution in [0.25, 0.3) is 0 Å². The quantitative estimate of drug-likeness (QED) is 0.806.